The maximum Gasteiger partial charge on any atom is 0.192 e. The van der Waals surface area contributed by atoms with E-state index in [1.54, 1.807) is 0 Å². The van der Waals surface area contributed by atoms with E-state index in [0.717, 1.165) is 13.1 Å². The predicted molar refractivity (Wildman–Crippen MR) is 68.4 cm³/mol. The number of guanidine groups is 1. The fourth-order valence-corrected chi connectivity index (χ4v) is 2.88. The van der Waals surface area contributed by atoms with E-state index in [1.165, 1.54) is 25.7 Å². The van der Waals surface area contributed by atoms with Gasteiger partial charge in [-0.05, 0) is 31.1 Å². The standard InChI is InChI=1S/C13H23N3/c1-4-9-16-11(14)15-10-13(16)7-5-12(2,3)6-8-13/h4H,1,5-10H2,2-3H3,(H2,14,15). The number of nitrogens with two attached hydrogens (primary N) is 1. The maximum atomic E-state index is 5.97. The zero-order valence-corrected chi connectivity index (χ0v) is 10.5. The quantitative estimate of drug-likeness (QED) is 0.726. The van der Waals surface area contributed by atoms with Gasteiger partial charge in [0.15, 0.2) is 5.96 Å². The van der Waals surface area contributed by atoms with E-state index in [1.807, 2.05) is 6.08 Å². The second kappa shape index (κ2) is 3.79. The lowest BCUT2D eigenvalue weighted by molar-refractivity contribution is 0.0896. The largest absolute Gasteiger partial charge is 0.370 e. The molecule has 90 valence electrons. The summed E-state index contributed by atoms with van der Waals surface area (Å²) in [6, 6.07) is 0. The molecule has 0 amide bonds. The minimum atomic E-state index is 0.202. The Kier molecular flexibility index (Phi) is 2.72. The van der Waals surface area contributed by atoms with Gasteiger partial charge in [0.1, 0.15) is 0 Å². The first-order valence-corrected chi connectivity index (χ1v) is 6.18. The Morgan fingerprint density at radius 2 is 2.00 bits per heavy atom. The van der Waals surface area contributed by atoms with Crippen LogP contribution in [0.5, 0.6) is 0 Å². The summed E-state index contributed by atoms with van der Waals surface area (Å²) in [6.45, 7) is 10.2. The van der Waals surface area contributed by atoms with Crippen LogP contribution in [-0.2, 0) is 0 Å². The van der Waals surface area contributed by atoms with Gasteiger partial charge in [-0.15, -0.1) is 6.58 Å². The van der Waals surface area contributed by atoms with Crippen LogP contribution in [0.1, 0.15) is 39.5 Å². The van der Waals surface area contributed by atoms with Crippen molar-refractivity contribution in [3.05, 3.63) is 12.7 Å². The minimum Gasteiger partial charge on any atom is -0.370 e. The lowest BCUT2D eigenvalue weighted by Crippen LogP contribution is -2.54. The van der Waals surface area contributed by atoms with E-state index < -0.39 is 0 Å². The Morgan fingerprint density at radius 3 is 2.56 bits per heavy atom. The van der Waals surface area contributed by atoms with Crippen molar-refractivity contribution in [2.75, 3.05) is 13.1 Å². The van der Waals surface area contributed by atoms with Crippen LogP contribution >= 0.6 is 0 Å². The number of hydrogen-bond acceptors (Lipinski definition) is 3. The van der Waals surface area contributed by atoms with Gasteiger partial charge >= 0.3 is 0 Å². The van der Waals surface area contributed by atoms with E-state index in [-0.39, 0.29) is 5.54 Å². The van der Waals surface area contributed by atoms with E-state index in [2.05, 4.69) is 30.3 Å². The zero-order valence-electron chi connectivity index (χ0n) is 10.5. The summed E-state index contributed by atoms with van der Waals surface area (Å²) in [4.78, 5) is 6.69. The van der Waals surface area contributed by atoms with Crippen LogP contribution in [0.3, 0.4) is 0 Å². The SMILES string of the molecule is C=CCN1C(N)=NCC12CCC(C)(C)CC2. The first-order valence-electron chi connectivity index (χ1n) is 6.18. The monoisotopic (exact) mass is 221 g/mol. The fourth-order valence-electron chi connectivity index (χ4n) is 2.88. The van der Waals surface area contributed by atoms with Gasteiger partial charge in [0.2, 0.25) is 0 Å². The van der Waals surface area contributed by atoms with Crippen LogP contribution in [0.15, 0.2) is 17.6 Å². The molecule has 1 fully saturated rings. The van der Waals surface area contributed by atoms with Gasteiger partial charge in [-0.2, -0.15) is 0 Å². The highest BCUT2D eigenvalue weighted by atomic mass is 15.4. The second-order valence-electron chi connectivity index (χ2n) is 5.96. The molecule has 16 heavy (non-hydrogen) atoms. The first kappa shape index (κ1) is 11.5. The predicted octanol–water partition coefficient (Wildman–Crippen LogP) is 2.14. The van der Waals surface area contributed by atoms with Crippen molar-refractivity contribution in [2.24, 2.45) is 16.1 Å². The highest BCUT2D eigenvalue weighted by molar-refractivity contribution is 5.81. The highest BCUT2D eigenvalue weighted by Crippen LogP contribution is 2.44. The third-order valence-electron chi connectivity index (χ3n) is 4.23. The van der Waals surface area contributed by atoms with E-state index in [4.69, 9.17) is 5.73 Å². The van der Waals surface area contributed by atoms with Crippen molar-refractivity contribution >= 4 is 5.96 Å². The average Bonchev–Trinajstić information content (AvgIpc) is 2.53. The molecule has 0 unspecified atom stereocenters. The molecule has 1 aliphatic heterocycles. The van der Waals surface area contributed by atoms with Gasteiger partial charge in [0.05, 0.1) is 12.1 Å². The lowest BCUT2D eigenvalue weighted by atomic mass is 9.69. The summed E-state index contributed by atoms with van der Waals surface area (Å²) in [7, 11) is 0. The molecule has 1 heterocycles. The van der Waals surface area contributed by atoms with Gasteiger partial charge < -0.3 is 10.6 Å². The summed E-state index contributed by atoms with van der Waals surface area (Å²) >= 11 is 0. The molecule has 2 N–H and O–H groups in total. The molecule has 3 nitrogen and oxygen atoms in total. The molecule has 0 bridgehead atoms. The van der Waals surface area contributed by atoms with Crippen molar-refractivity contribution in [3.8, 4) is 0 Å². The highest BCUT2D eigenvalue weighted by Gasteiger charge is 2.45. The Balaban J connectivity index is 2.12. The van der Waals surface area contributed by atoms with Crippen LogP contribution in [0.25, 0.3) is 0 Å². The Morgan fingerprint density at radius 1 is 1.38 bits per heavy atom. The van der Waals surface area contributed by atoms with Crippen LogP contribution in [0.4, 0.5) is 0 Å². The van der Waals surface area contributed by atoms with Gasteiger partial charge in [-0.1, -0.05) is 19.9 Å². The van der Waals surface area contributed by atoms with E-state index >= 15 is 0 Å². The Labute approximate surface area is 98.4 Å². The third kappa shape index (κ3) is 1.83. The van der Waals surface area contributed by atoms with Gasteiger partial charge in [0, 0.05) is 6.54 Å². The molecule has 0 aromatic heterocycles. The molecule has 1 saturated carbocycles. The van der Waals surface area contributed by atoms with Crippen LogP contribution in [0, 0.1) is 5.41 Å². The minimum absolute atomic E-state index is 0.202. The molecule has 0 atom stereocenters. The third-order valence-corrected chi connectivity index (χ3v) is 4.23. The average molecular weight is 221 g/mol. The van der Waals surface area contributed by atoms with E-state index in [0.29, 0.717) is 11.4 Å². The second-order valence-corrected chi connectivity index (χ2v) is 5.96. The smallest absolute Gasteiger partial charge is 0.192 e. The molecule has 1 spiro atoms. The van der Waals surface area contributed by atoms with Gasteiger partial charge in [-0.3, -0.25) is 4.99 Å². The van der Waals surface area contributed by atoms with Crippen molar-refractivity contribution < 1.29 is 0 Å². The molecule has 0 aromatic rings. The van der Waals surface area contributed by atoms with Crippen molar-refractivity contribution in [2.45, 2.75) is 45.1 Å². The fraction of sp³-hybridized carbons (Fsp3) is 0.769. The molecule has 2 rings (SSSR count). The molecular weight excluding hydrogens is 198 g/mol. The number of rotatable bonds is 2. The number of hydrogen-bond donors (Lipinski definition) is 1. The van der Waals surface area contributed by atoms with Crippen LogP contribution in [-0.4, -0.2) is 29.5 Å². The number of aliphatic imine (C=N–C) groups is 1. The van der Waals surface area contributed by atoms with Gasteiger partial charge in [0.25, 0.3) is 0 Å². The number of nitrogens with zero attached hydrogens (tertiary/aromatic N) is 2. The van der Waals surface area contributed by atoms with Crippen LogP contribution in [0.2, 0.25) is 0 Å². The Hall–Kier alpha value is -0.990. The molecule has 0 saturated heterocycles. The van der Waals surface area contributed by atoms with E-state index in [9.17, 15) is 0 Å². The molecule has 3 heteroatoms. The molecule has 0 radical (unpaired) electrons. The lowest BCUT2D eigenvalue weighted by Gasteiger charge is -2.46. The molecule has 2 aliphatic rings. The van der Waals surface area contributed by atoms with Crippen molar-refractivity contribution in [1.29, 1.82) is 0 Å². The molecular formula is C13H23N3. The Bertz CT molecular complexity index is 307. The molecule has 0 aromatic carbocycles. The summed E-state index contributed by atoms with van der Waals surface area (Å²) < 4.78 is 0. The zero-order chi connectivity index (χ0) is 11.8. The maximum absolute atomic E-state index is 5.97. The summed E-state index contributed by atoms with van der Waals surface area (Å²) in [5, 5.41) is 0. The summed E-state index contributed by atoms with van der Waals surface area (Å²) in [5.74, 6) is 0.708. The summed E-state index contributed by atoms with van der Waals surface area (Å²) in [6.07, 6.45) is 6.87. The van der Waals surface area contributed by atoms with Gasteiger partial charge in [-0.25, -0.2) is 0 Å². The normalized spacial score (nSPS) is 26.9. The first-order chi connectivity index (χ1) is 7.49. The summed E-state index contributed by atoms with van der Waals surface area (Å²) in [5.41, 5.74) is 6.66. The van der Waals surface area contributed by atoms with Crippen LogP contribution < -0.4 is 5.73 Å². The van der Waals surface area contributed by atoms with Crippen molar-refractivity contribution in [3.63, 3.8) is 0 Å². The topological polar surface area (TPSA) is 41.6 Å². The molecule has 1 aliphatic carbocycles. The van der Waals surface area contributed by atoms with Crippen molar-refractivity contribution in [1.82, 2.24) is 4.90 Å².